The number of nitrogens with two attached hydrogens (primary N) is 1. The number of pyridine rings is 1. The second-order valence-electron chi connectivity index (χ2n) is 6.96. The first-order chi connectivity index (χ1) is 15.2. The molecule has 4 aromatic heterocycles. The van der Waals surface area contributed by atoms with Gasteiger partial charge in [-0.1, -0.05) is 23.5 Å². The Balaban J connectivity index is 1.57. The lowest BCUT2D eigenvalue weighted by atomic mass is 10.0. The SMILES string of the molecule is N#Cc1ccc(-c2nnc3cnc4ccc(-c5ccc6nc(N)sc6c5)cc4n23)nc1. The number of rotatable bonds is 2. The molecule has 146 valence electrons. The molecule has 0 aliphatic rings. The van der Waals surface area contributed by atoms with Gasteiger partial charge in [-0.25, -0.2) is 4.98 Å². The lowest BCUT2D eigenvalue weighted by Crippen LogP contribution is -1.96. The van der Waals surface area contributed by atoms with Crippen LogP contribution in [0.4, 0.5) is 5.13 Å². The summed E-state index contributed by atoms with van der Waals surface area (Å²) in [6.07, 6.45) is 3.22. The molecule has 8 nitrogen and oxygen atoms in total. The lowest BCUT2D eigenvalue weighted by molar-refractivity contribution is 1.10. The van der Waals surface area contributed by atoms with Gasteiger partial charge >= 0.3 is 0 Å². The number of nitrogens with zero attached hydrogens (tertiary/aromatic N) is 7. The zero-order valence-electron chi connectivity index (χ0n) is 15.9. The molecule has 2 aromatic carbocycles. The highest BCUT2D eigenvalue weighted by Gasteiger charge is 2.14. The summed E-state index contributed by atoms with van der Waals surface area (Å²) in [6, 6.07) is 17.8. The number of hydrogen-bond acceptors (Lipinski definition) is 8. The van der Waals surface area contributed by atoms with E-state index in [9.17, 15) is 0 Å². The van der Waals surface area contributed by atoms with Gasteiger partial charge in [0, 0.05) is 6.20 Å². The highest BCUT2D eigenvalue weighted by Crippen LogP contribution is 2.31. The van der Waals surface area contributed by atoms with Crippen LogP contribution >= 0.6 is 11.3 Å². The third-order valence-corrected chi connectivity index (χ3v) is 5.93. The highest BCUT2D eigenvalue weighted by molar-refractivity contribution is 7.22. The van der Waals surface area contributed by atoms with Gasteiger partial charge in [0.1, 0.15) is 11.8 Å². The lowest BCUT2D eigenvalue weighted by Gasteiger charge is -2.07. The van der Waals surface area contributed by atoms with Gasteiger partial charge in [-0.3, -0.25) is 14.4 Å². The first-order valence-electron chi connectivity index (χ1n) is 9.36. The summed E-state index contributed by atoms with van der Waals surface area (Å²) >= 11 is 1.47. The maximum Gasteiger partial charge on any atom is 0.187 e. The van der Waals surface area contributed by atoms with E-state index >= 15 is 0 Å². The fourth-order valence-corrected chi connectivity index (χ4v) is 4.39. The molecule has 0 unspecified atom stereocenters. The van der Waals surface area contributed by atoms with E-state index < -0.39 is 0 Å². The van der Waals surface area contributed by atoms with Crippen molar-refractivity contribution in [3.05, 3.63) is 66.5 Å². The molecule has 0 aliphatic heterocycles. The van der Waals surface area contributed by atoms with Crippen molar-refractivity contribution in [3.8, 4) is 28.7 Å². The Morgan fingerprint density at radius 3 is 2.55 bits per heavy atom. The molecule has 0 saturated carbocycles. The maximum atomic E-state index is 9.04. The van der Waals surface area contributed by atoms with Crippen LogP contribution in [0.5, 0.6) is 0 Å². The van der Waals surface area contributed by atoms with Crippen molar-refractivity contribution in [2.24, 2.45) is 0 Å². The summed E-state index contributed by atoms with van der Waals surface area (Å²) in [4.78, 5) is 13.2. The van der Waals surface area contributed by atoms with Crippen LogP contribution in [0.3, 0.4) is 0 Å². The molecule has 0 spiro atoms. The van der Waals surface area contributed by atoms with Gasteiger partial charge in [-0.05, 0) is 47.5 Å². The predicted molar refractivity (Wildman–Crippen MR) is 119 cm³/mol. The van der Waals surface area contributed by atoms with E-state index in [0.29, 0.717) is 27.9 Å². The van der Waals surface area contributed by atoms with E-state index in [-0.39, 0.29) is 0 Å². The summed E-state index contributed by atoms with van der Waals surface area (Å²) in [5.74, 6) is 0.592. The number of fused-ring (bicyclic) bond motifs is 4. The molecule has 0 aliphatic carbocycles. The summed E-state index contributed by atoms with van der Waals surface area (Å²) in [7, 11) is 0. The third kappa shape index (κ3) is 2.78. The molecule has 6 aromatic rings. The minimum absolute atomic E-state index is 0.491. The average Bonchev–Trinajstić information content (AvgIpc) is 3.41. The van der Waals surface area contributed by atoms with Gasteiger partial charge < -0.3 is 5.73 Å². The molecule has 0 atom stereocenters. The third-order valence-electron chi connectivity index (χ3n) is 5.08. The van der Waals surface area contributed by atoms with Gasteiger partial charge in [-0.2, -0.15) is 5.26 Å². The van der Waals surface area contributed by atoms with Gasteiger partial charge in [0.15, 0.2) is 16.6 Å². The van der Waals surface area contributed by atoms with Crippen molar-refractivity contribution in [1.29, 1.82) is 5.26 Å². The number of nitrogen functional groups attached to an aromatic ring is 1. The summed E-state index contributed by atoms with van der Waals surface area (Å²) in [5.41, 5.74) is 12.3. The van der Waals surface area contributed by atoms with Gasteiger partial charge in [0.2, 0.25) is 0 Å². The van der Waals surface area contributed by atoms with Crippen molar-refractivity contribution in [2.45, 2.75) is 0 Å². The van der Waals surface area contributed by atoms with Gasteiger partial charge in [0.25, 0.3) is 0 Å². The van der Waals surface area contributed by atoms with Gasteiger partial charge in [-0.15, -0.1) is 10.2 Å². The Hall–Kier alpha value is -4.42. The van der Waals surface area contributed by atoms with Crippen molar-refractivity contribution in [1.82, 2.24) is 29.5 Å². The van der Waals surface area contributed by atoms with Crippen LogP contribution < -0.4 is 5.73 Å². The van der Waals surface area contributed by atoms with E-state index in [4.69, 9.17) is 11.0 Å². The van der Waals surface area contributed by atoms with Gasteiger partial charge in [0.05, 0.1) is 33.0 Å². The highest BCUT2D eigenvalue weighted by atomic mass is 32.1. The standard InChI is InChI=1S/C22H12N8S/c23-9-12-1-4-17(25-10-12)21-29-28-20-11-26-15-5-2-13(7-18(15)30(20)21)14-3-6-16-19(8-14)31-22(24)27-16/h1-8,10-11H,(H2,24,27). The molecule has 0 saturated heterocycles. The largest absolute Gasteiger partial charge is 0.375 e. The average molecular weight is 420 g/mol. The Kier molecular flexibility index (Phi) is 3.68. The normalized spacial score (nSPS) is 11.3. The Morgan fingerprint density at radius 1 is 0.903 bits per heavy atom. The number of aromatic nitrogens is 6. The van der Waals surface area contributed by atoms with E-state index in [0.717, 1.165) is 32.4 Å². The monoisotopic (exact) mass is 420 g/mol. The van der Waals surface area contributed by atoms with Crippen LogP contribution in [0.1, 0.15) is 5.56 Å². The van der Waals surface area contributed by atoms with Crippen molar-refractivity contribution in [2.75, 3.05) is 5.73 Å². The maximum absolute atomic E-state index is 9.04. The van der Waals surface area contributed by atoms with Crippen LogP contribution in [-0.2, 0) is 0 Å². The molecule has 6 rings (SSSR count). The summed E-state index contributed by atoms with van der Waals surface area (Å²) in [5, 5.41) is 18.2. The number of anilines is 1. The molecule has 0 radical (unpaired) electrons. The van der Waals surface area contributed by atoms with Crippen molar-refractivity contribution in [3.63, 3.8) is 0 Å². The van der Waals surface area contributed by atoms with E-state index in [2.05, 4.69) is 43.4 Å². The molecule has 31 heavy (non-hydrogen) atoms. The van der Waals surface area contributed by atoms with Crippen LogP contribution in [0.25, 0.3) is 49.5 Å². The second-order valence-corrected chi connectivity index (χ2v) is 8.02. The predicted octanol–water partition coefficient (Wildman–Crippen LogP) is 4.07. The van der Waals surface area contributed by atoms with Crippen molar-refractivity contribution >= 4 is 43.4 Å². The first-order valence-corrected chi connectivity index (χ1v) is 10.2. The Bertz CT molecular complexity index is 1660. The quantitative estimate of drug-likeness (QED) is 0.448. The number of nitriles is 1. The summed E-state index contributed by atoms with van der Waals surface area (Å²) < 4.78 is 2.97. The number of hydrogen-bond donors (Lipinski definition) is 1. The molecule has 0 amide bonds. The molecular formula is C22H12N8S. The summed E-state index contributed by atoms with van der Waals surface area (Å²) in [6.45, 7) is 0. The smallest absolute Gasteiger partial charge is 0.187 e. The number of benzene rings is 2. The fourth-order valence-electron chi connectivity index (χ4n) is 3.62. The second kappa shape index (κ2) is 6.55. The Morgan fingerprint density at radius 2 is 1.74 bits per heavy atom. The molecule has 4 heterocycles. The van der Waals surface area contributed by atoms with Crippen LogP contribution in [0, 0.1) is 11.3 Å². The van der Waals surface area contributed by atoms with Crippen LogP contribution in [-0.4, -0.2) is 29.5 Å². The van der Waals surface area contributed by atoms with E-state index in [1.807, 2.05) is 28.7 Å². The topological polar surface area (TPSA) is 119 Å². The van der Waals surface area contributed by atoms with Crippen molar-refractivity contribution < 1.29 is 0 Å². The minimum Gasteiger partial charge on any atom is -0.375 e. The number of thiazole rings is 1. The zero-order valence-corrected chi connectivity index (χ0v) is 16.7. The zero-order chi connectivity index (χ0) is 20.9. The molecular weight excluding hydrogens is 408 g/mol. The Labute approximate surface area is 179 Å². The molecule has 0 bridgehead atoms. The van der Waals surface area contributed by atoms with Crippen LogP contribution in [0.2, 0.25) is 0 Å². The molecule has 9 heteroatoms. The first kappa shape index (κ1) is 17.4. The molecule has 0 fully saturated rings. The fraction of sp³-hybridized carbons (Fsp3) is 0. The van der Waals surface area contributed by atoms with Crippen LogP contribution in [0.15, 0.2) is 60.9 Å². The van der Waals surface area contributed by atoms with E-state index in [1.54, 1.807) is 18.3 Å². The minimum atomic E-state index is 0.491. The molecule has 2 N–H and O–H groups in total. The van der Waals surface area contributed by atoms with E-state index in [1.165, 1.54) is 17.5 Å².